The minimum absolute atomic E-state index is 0.000377. The molecule has 1 aliphatic heterocycles. The lowest BCUT2D eigenvalue weighted by molar-refractivity contribution is -0.151. The summed E-state index contributed by atoms with van der Waals surface area (Å²) in [5, 5.41) is 13.4. The van der Waals surface area contributed by atoms with Crippen molar-refractivity contribution in [2.24, 2.45) is 11.8 Å². The van der Waals surface area contributed by atoms with Crippen molar-refractivity contribution in [1.29, 1.82) is 0 Å². The molecule has 3 rings (SSSR count). The predicted octanol–water partition coefficient (Wildman–Crippen LogP) is 3.62. The molecule has 178 valence electrons. The van der Waals surface area contributed by atoms with E-state index in [-0.39, 0.29) is 33.6 Å². The van der Waals surface area contributed by atoms with E-state index >= 15 is 0 Å². The molecule has 1 aromatic rings. The summed E-state index contributed by atoms with van der Waals surface area (Å²) in [6.07, 6.45) is 0.0149. The molecule has 0 saturated heterocycles. The van der Waals surface area contributed by atoms with E-state index in [9.17, 15) is 19.5 Å². The number of Topliss-reactive ketones (excluding diaryl/α,β-unsaturated/α-hetero) is 1. The minimum Gasteiger partial charge on any atom is -0.503 e. The van der Waals surface area contributed by atoms with Crippen molar-refractivity contribution in [3.8, 4) is 11.5 Å². The zero-order valence-corrected chi connectivity index (χ0v) is 20.2. The Morgan fingerprint density at radius 2 is 1.91 bits per heavy atom. The van der Waals surface area contributed by atoms with Crippen LogP contribution >= 0.6 is 11.6 Å². The molecule has 9 heteroatoms. The first-order valence-corrected chi connectivity index (χ1v) is 11.0. The lowest BCUT2D eigenvalue weighted by Gasteiger charge is -2.38. The van der Waals surface area contributed by atoms with Gasteiger partial charge in [-0.25, -0.2) is 4.79 Å². The smallest absolute Gasteiger partial charge is 0.337 e. The van der Waals surface area contributed by atoms with E-state index in [1.807, 2.05) is 6.92 Å². The van der Waals surface area contributed by atoms with Crippen molar-refractivity contribution in [1.82, 2.24) is 5.32 Å². The fourth-order valence-electron chi connectivity index (χ4n) is 4.48. The summed E-state index contributed by atoms with van der Waals surface area (Å²) in [4.78, 5) is 39.3. The quantitative estimate of drug-likeness (QED) is 0.488. The molecule has 0 fully saturated rings. The van der Waals surface area contributed by atoms with E-state index in [4.69, 9.17) is 25.8 Å². The third-order valence-electron chi connectivity index (χ3n) is 5.91. The van der Waals surface area contributed by atoms with Gasteiger partial charge in [0.05, 0.1) is 30.9 Å². The lowest BCUT2D eigenvalue weighted by Crippen LogP contribution is -2.43. The first-order chi connectivity index (χ1) is 15.5. The predicted molar refractivity (Wildman–Crippen MR) is 121 cm³/mol. The number of methoxy groups -OCH3 is 2. The van der Waals surface area contributed by atoms with Crippen LogP contribution in [0.15, 0.2) is 34.7 Å². The summed E-state index contributed by atoms with van der Waals surface area (Å²) in [7, 11) is 2.61. The number of ether oxygens (including phenoxy) is 3. The number of esters is 2. The van der Waals surface area contributed by atoms with E-state index in [0.29, 0.717) is 23.4 Å². The molecule has 3 atom stereocenters. The van der Waals surface area contributed by atoms with Crippen LogP contribution in [-0.4, -0.2) is 43.2 Å². The van der Waals surface area contributed by atoms with Gasteiger partial charge in [-0.2, -0.15) is 0 Å². The third kappa shape index (κ3) is 4.44. The van der Waals surface area contributed by atoms with Crippen LogP contribution in [0.2, 0.25) is 5.02 Å². The number of ketones is 1. The first kappa shape index (κ1) is 24.6. The van der Waals surface area contributed by atoms with Crippen molar-refractivity contribution in [2.75, 3.05) is 14.2 Å². The van der Waals surface area contributed by atoms with Crippen LogP contribution < -0.4 is 10.1 Å². The Morgan fingerprint density at radius 1 is 1.24 bits per heavy atom. The van der Waals surface area contributed by atoms with Crippen LogP contribution in [0.5, 0.6) is 11.5 Å². The monoisotopic (exact) mass is 477 g/mol. The summed E-state index contributed by atoms with van der Waals surface area (Å²) in [5.74, 6) is -4.01. The normalized spacial score (nSPS) is 22.7. The second kappa shape index (κ2) is 9.47. The second-order valence-electron chi connectivity index (χ2n) is 8.54. The Labute approximate surface area is 197 Å². The molecular weight excluding hydrogens is 450 g/mol. The zero-order chi connectivity index (χ0) is 24.6. The van der Waals surface area contributed by atoms with E-state index in [0.717, 1.165) is 0 Å². The minimum atomic E-state index is -1.01. The van der Waals surface area contributed by atoms with Gasteiger partial charge in [0.2, 0.25) is 0 Å². The average molecular weight is 478 g/mol. The van der Waals surface area contributed by atoms with Gasteiger partial charge in [-0.1, -0.05) is 18.5 Å². The standard InChI is InChI=1S/C24H28ClNO7/c1-10(2)33-24(30)18-12(4)26-15-7-11(3)17(23(29)32-6)22(28)20(15)19(18)13-8-14(25)21(27)16(9-13)31-5/h8-11,17,19,26-27H,7H2,1-6H3/t11-,17-,19-/m0/s1. The van der Waals surface area contributed by atoms with E-state index < -0.39 is 35.7 Å². The third-order valence-corrected chi connectivity index (χ3v) is 6.20. The Balaban J connectivity index is 2.26. The summed E-state index contributed by atoms with van der Waals surface area (Å²) in [6.45, 7) is 6.99. The lowest BCUT2D eigenvalue weighted by atomic mass is 9.69. The number of dihydropyridines is 1. The van der Waals surface area contributed by atoms with Gasteiger partial charge in [0.1, 0.15) is 5.92 Å². The number of rotatable bonds is 5. The molecule has 0 saturated carbocycles. The number of hydrogen-bond acceptors (Lipinski definition) is 8. The molecule has 2 N–H and O–H groups in total. The molecule has 0 radical (unpaired) electrons. The maximum Gasteiger partial charge on any atom is 0.337 e. The zero-order valence-electron chi connectivity index (χ0n) is 19.4. The molecule has 0 bridgehead atoms. The highest BCUT2D eigenvalue weighted by Crippen LogP contribution is 2.48. The highest BCUT2D eigenvalue weighted by Gasteiger charge is 2.47. The molecule has 2 aliphatic rings. The van der Waals surface area contributed by atoms with Crippen LogP contribution in [0.3, 0.4) is 0 Å². The number of carbonyl (C=O) groups is 3. The number of phenols is 1. The van der Waals surface area contributed by atoms with Gasteiger partial charge in [-0.15, -0.1) is 0 Å². The Morgan fingerprint density at radius 3 is 2.48 bits per heavy atom. The number of nitrogens with one attached hydrogen (secondary N) is 1. The van der Waals surface area contributed by atoms with Gasteiger partial charge in [-0.3, -0.25) is 9.59 Å². The van der Waals surface area contributed by atoms with Crippen molar-refractivity contribution in [3.05, 3.63) is 45.3 Å². The van der Waals surface area contributed by atoms with Crippen molar-refractivity contribution in [3.63, 3.8) is 0 Å². The highest BCUT2D eigenvalue weighted by atomic mass is 35.5. The van der Waals surface area contributed by atoms with Gasteiger partial charge in [0.15, 0.2) is 17.3 Å². The molecule has 1 aromatic carbocycles. The molecule has 33 heavy (non-hydrogen) atoms. The highest BCUT2D eigenvalue weighted by molar-refractivity contribution is 6.32. The van der Waals surface area contributed by atoms with Crippen molar-refractivity contribution in [2.45, 2.75) is 46.1 Å². The summed E-state index contributed by atoms with van der Waals surface area (Å²) < 4.78 is 15.6. The van der Waals surface area contributed by atoms with Gasteiger partial charge in [-0.05, 0) is 50.8 Å². The van der Waals surface area contributed by atoms with Crippen molar-refractivity contribution >= 4 is 29.3 Å². The number of benzene rings is 1. The molecule has 1 aliphatic carbocycles. The van der Waals surface area contributed by atoms with Crippen molar-refractivity contribution < 1.29 is 33.7 Å². The van der Waals surface area contributed by atoms with Crippen LogP contribution in [0.1, 0.15) is 45.6 Å². The molecule has 1 heterocycles. The Bertz CT molecular complexity index is 1070. The Hall–Kier alpha value is -3.00. The number of halogens is 1. The average Bonchev–Trinajstić information content (AvgIpc) is 2.73. The molecule has 8 nitrogen and oxygen atoms in total. The molecule has 0 unspecified atom stereocenters. The number of hydrogen-bond donors (Lipinski definition) is 2. The maximum atomic E-state index is 13.7. The number of allylic oxidation sites excluding steroid dienone is 3. The Kier molecular flexibility index (Phi) is 7.07. The number of carbonyl (C=O) groups excluding carboxylic acids is 3. The van der Waals surface area contributed by atoms with E-state index in [2.05, 4.69) is 5.32 Å². The largest absolute Gasteiger partial charge is 0.503 e. The maximum absolute atomic E-state index is 13.7. The van der Waals surface area contributed by atoms with Crippen LogP contribution in [0.4, 0.5) is 0 Å². The van der Waals surface area contributed by atoms with Gasteiger partial charge >= 0.3 is 11.9 Å². The SMILES string of the molecule is COC(=O)[C@@H]1C(=O)C2=C(C[C@@H]1C)NC(C)=C(C(=O)OC(C)C)[C@@H]2c1cc(Cl)c(O)c(OC)c1. The molecule has 0 aromatic heterocycles. The summed E-state index contributed by atoms with van der Waals surface area (Å²) >= 11 is 6.25. The first-order valence-electron chi connectivity index (χ1n) is 10.6. The van der Waals surface area contributed by atoms with E-state index in [1.165, 1.54) is 26.4 Å². The van der Waals surface area contributed by atoms with Crippen LogP contribution in [0.25, 0.3) is 0 Å². The fourth-order valence-corrected chi connectivity index (χ4v) is 4.70. The van der Waals surface area contributed by atoms with E-state index in [1.54, 1.807) is 20.8 Å². The van der Waals surface area contributed by atoms with Gasteiger partial charge < -0.3 is 24.6 Å². The second-order valence-corrected chi connectivity index (χ2v) is 8.95. The summed E-state index contributed by atoms with van der Waals surface area (Å²) in [5.41, 5.74) is 2.10. The molecule has 0 spiro atoms. The summed E-state index contributed by atoms with van der Waals surface area (Å²) in [6, 6.07) is 3.00. The van der Waals surface area contributed by atoms with Crippen LogP contribution in [-0.2, 0) is 23.9 Å². The molecular formula is C24H28ClNO7. The topological polar surface area (TPSA) is 111 Å². The number of aromatic hydroxyl groups is 1. The fraction of sp³-hybridized carbons (Fsp3) is 0.458. The number of phenolic OH excluding ortho intramolecular Hbond substituents is 1. The molecule has 0 amide bonds. The van der Waals surface area contributed by atoms with Gasteiger partial charge in [0.25, 0.3) is 0 Å². The van der Waals surface area contributed by atoms with Gasteiger partial charge in [0, 0.05) is 22.9 Å². The van der Waals surface area contributed by atoms with Crippen LogP contribution in [0, 0.1) is 11.8 Å².